The molecule has 0 aromatic carbocycles. The molecule has 0 spiro atoms. The average molecular weight is 269 g/mol. The van der Waals surface area contributed by atoms with Crippen LogP contribution in [0.25, 0.3) is 0 Å². The third-order valence-corrected chi connectivity index (χ3v) is 6.31. The fourth-order valence-electron chi connectivity index (χ4n) is 1.77. The Kier molecular flexibility index (Phi) is 4.70. The van der Waals surface area contributed by atoms with Crippen LogP contribution in [0.2, 0.25) is 0 Å². The minimum Gasteiger partial charge on any atom is -0.314 e. The van der Waals surface area contributed by atoms with E-state index in [2.05, 4.69) is 29.1 Å². The summed E-state index contributed by atoms with van der Waals surface area (Å²) in [5, 5.41) is 4.98. The van der Waals surface area contributed by atoms with E-state index >= 15 is 0 Å². The summed E-state index contributed by atoms with van der Waals surface area (Å²) in [6.07, 6.45) is 1.88. The Morgan fingerprint density at radius 2 is 2.24 bits per heavy atom. The molecule has 3 nitrogen and oxygen atoms in total. The van der Waals surface area contributed by atoms with E-state index in [-0.39, 0.29) is 0 Å². The first-order valence-electron chi connectivity index (χ1n) is 5.94. The van der Waals surface area contributed by atoms with Crippen molar-refractivity contribution < 1.29 is 0 Å². The lowest BCUT2D eigenvalue weighted by atomic mass is 10.3. The molecular weight excluding hydrogens is 250 g/mol. The van der Waals surface area contributed by atoms with Crippen LogP contribution >= 0.6 is 23.5 Å². The Balaban J connectivity index is 2.09. The first-order valence-corrected chi connectivity index (χ1v) is 7.93. The molecule has 2 rings (SSSR count). The Hall–Kier alpha value is -0.260. The van der Waals surface area contributed by atoms with E-state index in [4.69, 9.17) is 0 Å². The van der Waals surface area contributed by atoms with E-state index in [1.54, 1.807) is 0 Å². The minimum absolute atomic E-state index is 0.447. The van der Waals surface area contributed by atoms with Crippen LogP contribution in [0, 0.1) is 0 Å². The number of rotatable bonds is 3. The number of hydrogen-bond acceptors (Lipinski definition) is 5. The van der Waals surface area contributed by atoms with Crippen LogP contribution < -0.4 is 5.32 Å². The van der Waals surface area contributed by atoms with Gasteiger partial charge in [0, 0.05) is 29.0 Å². The summed E-state index contributed by atoms with van der Waals surface area (Å²) in [6.45, 7) is 5.41. The molecule has 1 fully saturated rings. The van der Waals surface area contributed by atoms with Crippen molar-refractivity contribution in [3.8, 4) is 0 Å². The molecule has 1 aromatic rings. The van der Waals surface area contributed by atoms with Gasteiger partial charge < -0.3 is 5.32 Å². The van der Waals surface area contributed by atoms with Crippen molar-refractivity contribution in [3.63, 3.8) is 0 Å². The Bertz CT molecular complexity index is 373. The first kappa shape index (κ1) is 13.2. The van der Waals surface area contributed by atoms with Crippen molar-refractivity contribution in [1.82, 2.24) is 15.3 Å². The van der Waals surface area contributed by atoms with Gasteiger partial charge in [0.15, 0.2) is 0 Å². The van der Waals surface area contributed by atoms with Gasteiger partial charge in [0.25, 0.3) is 0 Å². The van der Waals surface area contributed by atoms with Crippen LogP contribution in [0.15, 0.2) is 12.3 Å². The molecule has 0 aliphatic carbocycles. The first-order chi connectivity index (χ1) is 8.20. The second kappa shape index (κ2) is 6.07. The molecular formula is C12H19N3S2. The standard InChI is InChI=1S/C12H19N3S2/c1-8-9(2)17-11(7-16-8)12-14-5-4-10(15-12)6-13-3/h4-5,8-9,11,13H,6-7H2,1-3H3. The molecule has 0 radical (unpaired) electrons. The molecule has 5 heteroatoms. The van der Waals surface area contributed by atoms with Crippen LogP contribution in [0.3, 0.4) is 0 Å². The lowest BCUT2D eigenvalue weighted by molar-refractivity contribution is 0.764. The SMILES string of the molecule is CNCc1ccnc(C2CSC(C)C(C)S2)n1. The van der Waals surface area contributed by atoms with Gasteiger partial charge >= 0.3 is 0 Å². The Labute approximate surface area is 112 Å². The highest BCUT2D eigenvalue weighted by Crippen LogP contribution is 2.43. The van der Waals surface area contributed by atoms with Crippen LogP contribution in [0.1, 0.15) is 30.6 Å². The van der Waals surface area contributed by atoms with E-state index in [1.807, 2.05) is 42.8 Å². The molecule has 1 aromatic heterocycles. The maximum Gasteiger partial charge on any atom is 0.142 e. The van der Waals surface area contributed by atoms with Gasteiger partial charge in [0.05, 0.1) is 10.9 Å². The molecule has 94 valence electrons. The highest BCUT2D eigenvalue weighted by molar-refractivity contribution is 8.07. The second-order valence-corrected chi connectivity index (χ2v) is 7.30. The smallest absolute Gasteiger partial charge is 0.142 e. The summed E-state index contributed by atoms with van der Waals surface area (Å²) < 4.78 is 0. The van der Waals surface area contributed by atoms with Gasteiger partial charge in [-0.3, -0.25) is 0 Å². The van der Waals surface area contributed by atoms with Gasteiger partial charge in [-0.1, -0.05) is 13.8 Å². The highest BCUT2D eigenvalue weighted by atomic mass is 32.2. The normalized spacial score (nSPS) is 29.2. The third-order valence-electron chi connectivity index (χ3n) is 2.93. The van der Waals surface area contributed by atoms with E-state index in [1.165, 1.54) is 0 Å². The predicted molar refractivity (Wildman–Crippen MR) is 76.5 cm³/mol. The van der Waals surface area contributed by atoms with Crippen molar-refractivity contribution in [1.29, 1.82) is 0 Å². The molecule has 3 atom stereocenters. The van der Waals surface area contributed by atoms with Crippen molar-refractivity contribution in [2.24, 2.45) is 0 Å². The van der Waals surface area contributed by atoms with E-state index in [0.29, 0.717) is 10.5 Å². The number of thioether (sulfide) groups is 2. The van der Waals surface area contributed by atoms with E-state index < -0.39 is 0 Å². The van der Waals surface area contributed by atoms with Crippen molar-refractivity contribution >= 4 is 23.5 Å². The molecule has 1 N–H and O–H groups in total. The lowest BCUT2D eigenvalue weighted by Crippen LogP contribution is -2.23. The van der Waals surface area contributed by atoms with Gasteiger partial charge in [-0.15, -0.1) is 11.8 Å². The summed E-state index contributed by atoms with van der Waals surface area (Å²) in [7, 11) is 1.94. The van der Waals surface area contributed by atoms with E-state index in [9.17, 15) is 0 Å². The van der Waals surface area contributed by atoms with Gasteiger partial charge in [0.1, 0.15) is 5.82 Å². The fraction of sp³-hybridized carbons (Fsp3) is 0.667. The number of aromatic nitrogens is 2. The molecule has 1 saturated heterocycles. The second-order valence-electron chi connectivity index (χ2n) is 4.30. The number of nitrogens with one attached hydrogen (secondary N) is 1. The largest absolute Gasteiger partial charge is 0.314 e. The van der Waals surface area contributed by atoms with Crippen LogP contribution in [-0.4, -0.2) is 33.3 Å². The molecule has 1 aliphatic rings. The molecule has 0 amide bonds. The molecule has 2 heterocycles. The predicted octanol–water partition coefficient (Wildman–Crippen LogP) is 2.49. The van der Waals surface area contributed by atoms with Crippen molar-refractivity contribution in [2.45, 2.75) is 36.1 Å². The zero-order chi connectivity index (χ0) is 12.3. The summed E-state index contributed by atoms with van der Waals surface area (Å²) in [4.78, 5) is 9.07. The molecule has 3 unspecified atom stereocenters. The van der Waals surface area contributed by atoms with Crippen LogP contribution in [0.4, 0.5) is 0 Å². The number of nitrogens with zero attached hydrogens (tertiary/aromatic N) is 2. The maximum atomic E-state index is 4.64. The zero-order valence-corrected chi connectivity index (χ0v) is 12.1. The molecule has 1 aliphatic heterocycles. The molecule has 0 bridgehead atoms. The van der Waals surface area contributed by atoms with Gasteiger partial charge in [-0.25, -0.2) is 9.97 Å². The van der Waals surface area contributed by atoms with Crippen molar-refractivity contribution in [2.75, 3.05) is 12.8 Å². The quantitative estimate of drug-likeness (QED) is 0.912. The lowest BCUT2D eigenvalue weighted by Gasteiger charge is -2.30. The third kappa shape index (κ3) is 3.36. The minimum atomic E-state index is 0.447. The fourth-order valence-corrected chi connectivity index (χ4v) is 4.62. The van der Waals surface area contributed by atoms with Crippen molar-refractivity contribution in [3.05, 3.63) is 23.8 Å². The summed E-state index contributed by atoms with van der Waals surface area (Å²) in [5.74, 6) is 2.12. The van der Waals surface area contributed by atoms with E-state index in [0.717, 1.165) is 29.1 Å². The summed E-state index contributed by atoms with van der Waals surface area (Å²) in [5.41, 5.74) is 1.08. The van der Waals surface area contributed by atoms with Crippen LogP contribution in [0.5, 0.6) is 0 Å². The number of hydrogen-bond donors (Lipinski definition) is 1. The topological polar surface area (TPSA) is 37.8 Å². The molecule has 0 saturated carbocycles. The average Bonchev–Trinajstić information content (AvgIpc) is 2.33. The zero-order valence-electron chi connectivity index (χ0n) is 10.5. The summed E-state index contributed by atoms with van der Waals surface area (Å²) in [6, 6.07) is 1.98. The monoisotopic (exact) mass is 269 g/mol. The Morgan fingerprint density at radius 1 is 1.41 bits per heavy atom. The van der Waals surface area contributed by atoms with Crippen LogP contribution in [-0.2, 0) is 6.54 Å². The van der Waals surface area contributed by atoms with Gasteiger partial charge in [-0.05, 0) is 13.1 Å². The highest BCUT2D eigenvalue weighted by Gasteiger charge is 2.28. The molecule has 17 heavy (non-hydrogen) atoms. The maximum absolute atomic E-state index is 4.64. The summed E-state index contributed by atoms with van der Waals surface area (Å²) >= 11 is 4.04. The van der Waals surface area contributed by atoms with Gasteiger partial charge in [0.2, 0.25) is 0 Å². The Morgan fingerprint density at radius 3 is 2.94 bits per heavy atom. The van der Waals surface area contributed by atoms with Gasteiger partial charge in [-0.2, -0.15) is 11.8 Å².